The number of nitrogens with one attached hydrogen (secondary N) is 1. The first-order valence-electron chi connectivity index (χ1n) is 7.82. The second-order valence-electron chi connectivity index (χ2n) is 6.27. The van der Waals surface area contributed by atoms with Crippen LogP contribution in [0.25, 0.3) is 0 Å². The summed E-state index contributed by atoms with van der Waals surface area (Å²) in [7, 11) is 2.25. The van der Waals surface area contributed by atoms with E-state index in [1.807, 2.05) is 0 Å². The summed E-state index contributed by atoms with van der Waals surface area (Å²) in [4.78, 5) is 2.50. The molecule has 0 aromatic carbocycles. The highest BCUT2D eigenvalue weighted by Crippen LogP contribution is 2.30. The van der Waals surface area contributed by atoms with Gasteiger partial charge in [0.15, 0.2) is 0 Å². The first-order valence-corrected chi connectivity index (χ1v) is 7.82. The van der Waals surface area contributed by atoms with Gasteiger partial charge in [0.05, 0.1) is 13.2 Å². The predicted molar refractivity (Wildman–Crippen MR) is 77.5 cm³/mol. The maximum Gasteiger partial charge on any atom is 0.0622 e. The fourth-order valence-corrected chi connectivity index (χ4v) is 3.29. The van der Waals surface area contributed by atoms with Crippen LogP contribution in [0.15, 0.2) is 0 Å². The maximum absolute atomic E-state index is 5.78. The fraction of sp³-hybridized carbons (Fsp3) is 1.00. The van der Waals surface area contributed by atoms with E-state index < -0.39 is 0 Å². The van der Waals surface area contributed by atoms with Crippen LogP contribution in [0.2, 0.25) is 0 Å². The van der Waals surface area contributed by atoms with Crippen LogP contribution in [0, 0.1) is 5.41 Å². The molecule has 2 rings (SSSR count). The van der Waals surface area contributed by atoms with E-state index in [9.17, 15) is 0 Å². The summed E-state index contributed by atoms with van der Waals surface area (Å²) in [5, 5.41) is 3.60. The molecule has 2 aliphatic rings. The van der Waals surface area contributed by atoms with Crippen LogP contribution in [0.1, 0.15) is 32.6 Å². The highest BCUT2D eigenvalue weighted by molar-refractivity contribution is 4.88. The SMILES string of the molecule is CCCNCC1(CN(C)C2CCOC2)CCCOC1. The average molecular weight is 270 g/mol. The molecule has 2 saturated heterocycles. The lowest BCUT2D eigenvalue weighted by Crippen LogP contribution is -2.50. The van der Waals surface area contributed by atoms with Gasteiger partial charge in [0, 0.05) is 37.8 Å². The van der Waals surface area contributed by atoms with Crippen LogP contribution in [0.4, 0.5) is 0 Å². The molecule has 1 N–H and O–H groups in total. The Hall–Kier alpha value is -0.160. The van der Waals surface area contributed by atoms with E-state index in [2.05, 4.69) is 24.2 Å². The Labute approximate surface area is 117 Å². The van der Waals surface area contributed by atoms with Gasteiger partial charge in [-0.1, -0.05) is 6.92 Å². The number of likely N-dealkylation sites (N-methyl/N-ethyl adjacent to an activating group) is 1. The molecular weight excluding hydrogens is 240 g/mol. The monoisotopic (exact) mass is 270 g/mol. The van der Waals surface area contributed by atoms with Gasteiger partial charge < -0.3 is 19.7 Å². The van der Waals surface area contributed by atoms with Gasteiger partial charge in [0.2, 0.25) is 0 Å². The van der Waals surface area contributed by atoms with Crippen molar-refractivity contribution in [3.63, 3.8) is 0 Å². The molecule has 2 heterocycles. The van der Waals surface area contributed by atoms with E-state index in [4.69, 9.17) is 9.47 Å². The summed E-state index contributed by atoms with van der Waals surface area (Å²) in [5.74, 6) is 0. The molecule has 0 bridgehead atoms. The minimum absolute atomic E-state index is 0.296. The molecule has 19 heavy (non-hydrogen) atoms. The van der Waals surface area contributed by atoms with E-state index in [1.165, 1.54) is 25.7 Å². The smallest absolute Gasteiger partial charge is 0.0622 e. The van der Waals surface area contributed by atoms with E-state index in [-0.39, 0.29) is 0 Å². The molecule has 112 valence electrons. The van der Waals surface area contributed by atoms with Crippen molar-refractivity contribution in [1.29, 1.82) is 0 Å². The number of hydrogen-bond acceptors (Lipinski definition) is 4. The number of hydrogen-bond donors (Lipinski definition) is 1. The van der Waals surface area contributed by atoms with Gasteiger partial charge in [-0.05, 0) is 39.3 Å². The van der Waals surface area contributed by atoms with Gasteiger partial charge in [-0.3, -0.25) is 0 Å². The van der Waals surface area contributed by atoms with E-state index in [0.29, 0.717) is 11.5 Å². The molecule has 0 spiro atoms. The molecule has 2 unspecified atom stereocenters. The summed E-state index contributed by atoms with van der Waals surface area (Å²) >= 11 is 0. The average Bonchev–Trinajstić information content (AvgIpc) is 2.94. The molecule has 0 saturated carbocycles. The van der Waals surface area contributed by atoms with Crippen molar-refractivity contribution in [3.05, 3.63) is 0 Å². The van der Waals surface area contributed by atoms with Crippen LogP contribution in [0.5, 0.6) is 0 Å². The van der Waals surface area contributed by atoms with Gasteiger partial charge in [-0.15, -0.1) is 0 Å². The Morgan fingerprint density at radius 3 is 2.84 bits per heavy atom. The summed E-state index contributed by atoms with van der Waals surface area (Å²) < 4.78 is 11.3. The fourth-order valence-electron chi connectivity index (χ4n) is 3.29. The number of ether oxygens (including phenoxy) is 2. The van der Waals surface area contributed by atoms with Crippen LogP contribution >= 0.6 is 0 Å². The second-order valence-corrected chi connectivity index (χ2v) is 6.27. The molecular formula is C15H30N2O2. The lowest BCUT2D eigenvalue weighted by Gasteiger charge is -2.41. The third kappa shape index (κ3) is 4.42. The van der Waals surface area contributed by atoms with Gasteiger partial charge in [0.25, 0.3) is 0 Å². The quantitative estimate of drug-likeness (QED) is 0.711. The zero-order valence-corrected chi connectivity index (χ0v) is 12.6. The molecule has 2 fully saturated rings. The maximum atomic E-state index is 5.78. The van der Waals surface area contributed by atoms with Crippen molar-refractivity contribution < 1.29 is 9.47 Å². The number of rotatable bonds is 7. The lowest BCUT2D eigenvalue weighted by molar-refractivity contribution is -0.0286. The largest absolute Gasteiger partial charge is 0.381 e. The Balaban J connectivity index is 1.88. The standard InChI is InChI=1S/C15H30N2O2/c1-3-7-16-11-15(6-4-8-19-13-15)12-17(2)14-5-9-18-10-14/h14,16H,3-13H2,1-2H3. The summed E-state index contributed by atoms with van der Waals surface area (Å²) in [5.41, 5.74) is 0.296. The first-order chi connectivity index (χ1) is 9.26. The van der Waals surface area contributed by atoms with Crippen molar-refractivity contribution in [2.45, 2.75) is 38.6 Å². The normalized spacial score (nSPS) is 32.1. The summed E-state index contributed by atoms with van der Waals surface area (Å²) in [6.45, 7) is 9.20. The zero-order valence-electron chi connectivity index (χ0n) is 12.6. The van der Waals surface area contributed by atoms with Crippen LogP contribution < -0.4 is 5.32 Å². The van der Waals surface area contributed by atoms with Gasteiger partial charge in [-0.2, -0.15) is 0 Å². The summed E-state index contributed by atoms with van der Waals surface area (Å²) in [6.07, 6.45) is 4.85. The highest BCUT2D eigenvalue weighted by Gasteiger charge is 2.35. The van der Waals surface area contributed by atoms with Crippen LogP contribution in [-0.2, 0) is 9.47 Å². The lowest BCUT2D eigenvalue weighted by atomic mass is 9.81. The van der Waals surface area contributed by atoms with Crippen molar-refractivity contribution in [1.82, 2.24) is 10.2 Å². The molecule has 0 aliphatic carbocycles. The summed E-state index contributed by atoms with van der Waals surface area (Å²) in [6, 6.07) is 0.602. The zero-order chi connectivity index (χ0) is 13.6. The molecule has 4 nitrogen and oxygen atoms in total. The molecule has 4 heteroatoms. The second kappa shape index (κ2) is 7.58. The topological polar surface area (TPSA) is 33.7 Å². The van der Waals surface area contributed by atoms with E-state index in [1.54, 1.807) is 0 Å². The third-order valence-corrected chi connectivity index (χ3v) is 4.44. The van der Waals surface area contributed by atoms with E-state index >= 15 is 0 Å². The molecule has 0 aromatic rings. The molecule has 0 amide bonds. The Morgan fingerprint density at radius 1 is 1.32 bits per heavy atom. The minimum Gasteiger partial charge on any atom is -0.381 e. The Bertz CT molecular complexity index is 249. The third-order valence-electron chi connectivity index (χ3n) is 4.44. The van der Waals surface area contributed by atoms with Gasteiger partial charge >= 0.3 is 0 Å². The van der Waals surface area contributed by atoms with Crippen molar-refractivity contribution in [2.75, 3.05) is 53.1 Å². The Kier molecular flexibility index (Phi) is 6.07. The van der Waals surface area contributed by atoms with E-state index in [0.717, 1.165) is 46.1 Å². The number of nitrogens with zero attached hydrogens (tertiary/aromatic N) is 1. The molecule has 2 aliphatic heterocycles. The van der Waals surface area contributed by atoms with Crippen molar-refractivity contribution in [3.8, 4) is 0 Å². The van der Waals surface area contributed by atoms with Crippen molar-refractivity contribution >= 4 is 0 Å². The van der Waals surface area contributed by atoms with Crippen LogP contribution in [0.3, 0.4) is 0 Å². The molecule has 0 radical (unpaired) electrons. The molecule has 2 atom stereocenters. The first kappa shape index (κ1) is 15.2. The Morgan fingerprint density at radius 2 is 2.21 bits per heavy atom. The minimum atomic E-state index is 0.296. The molecule has 0 aromatic heterocycles. The highest BCUT2D eigenvalue weighted by atomic mass is 16.5. The predicted octanol–water partition coefficient (Wildman–Crippen LogP) is 1.50. The van der Waals surface area contributed by atoms with Gasteiger partial charge in [0.1, 0.15) is 0 Å². The van der Waals surface area contributed by atoms with Crippen LogP contribution in [-0.4, -0.2) is 64.1 Å². The van der Waals surface area contributed by atoms with Gasteiger partial charge in [-0.25, -0.2) is 0 Å². The van der Waals surface area contributed by atoms with Crippen molar-refractivity contribution in [2.24, 2.45) is 5.41 Å².